The number of hydrogen-bond acceptors (Lipinski definition) is 3. The van der Waals surface area contributed by atoms with Crippen molar-refractivity contribution in [3.8, 4) is 0 Å². The summed E-state index contributed by atoms with van der Waals surface area (Å²) in [5.74, 6) is 1.14. The molecular formula is C23H29ClN2O2. The lowest BCUT2D eigenvalue weighted by atomic mass is 9.84. The highest BCUT2D eigenvalue weighted by molar-refractivity contribution is 5.85. The maximum absolute atomic E-state index is 12.7. The normalized spacial score (nSPS) is 25.3. The Morgan fingerprint density at radius 2 is 1.64 bits per heavy atom. The lowest BCUT2D eigenvalue weighted by Crippen LogP contribution is -2.45. The second kappa shape index (κ2) is 9.55. The van der Waals surface area contributed by atoms with Gasteiger partial charge < -0.3 is 15.8 Å². The molecular weight excluding hydrogens is 372 g/mol. The molecule has 0 heterocycles. The summed E-state index contributed by atoms with van der Waals surface area (Å²) in [6.07, 6.45) is 3.47. The molecule has 0 aliphatic heterocycles. The van der Waals surface area contributed by atoms with Gasteiger partial charge in [-0.25, -0.2) is 0 Å². The van der Waals surface area contributed by atoms with E-state index in [4.69, 9.17) is 10.5 Å². The smallest absolute Gasteiger partial charge is 0.225 e. The zero-order valence-corrected chi connectivity index (χ0v) is 16.9. The third-order valence-corrected chi connectivity index (χ3v) is 6.22. The van der Waals surface area contributed by atoms with Crippen LogP contribution in [0.25, 0.3) is 0 Å². The fourth-order valence-corrected chi connectivity index (χ4v) is 4.75. The van der Waals surface area contributed by atoms with Gasteiger partial charge >= 0.3 is 0 Å². The molecule has 4 atom stereocenters. The number of ether oxygens (including phenoxy) is 1. The minimum atomic E-state index is -0.00903. The van der Waals surface area contributed by atoms with Crippen LogP contribution in [0.1, 0.15) is 36.0 Å². The van der Waals surface area contributed by atoms with E-state index in [9.17, 15) is 4.79 Å². The van der Waals surface area contributed by atoms with E-state index in [1.54, 1.807) is 0 Å². The van der Waals surface area contributed by atoms with Crippen molar-refractivity contribution in [1.82, 2.24) is 5.32 Å². The number of halogens is 1. The zero-order valence-electron chi connectivity index (χ0n) is 16.1. The molecule has 4 nitrogen and oxygen atoms in total. The molecule has 2 aliphatic carbocycles. The summed E-state index contributed by atoms with van der Waals surface area (Å²) in [5.41, 5.74) is 9.69. The molecule has 2 fully saturated rings. The first kappa shape index (κ1) is 20.8. The highest BCUT2D eigenvalue weighted by Crippen LogP contribution is 2.47. The lowest BCUT2D eigenvalue weighted by molar-refractivity contribution is -0.127. The Hall–Kier alpha value is -1.88. The molecule has 1 amide bonds. The first-order valence-electron chi connectivity index (χ1n) is 9.94. The van der Waals surface area contributed by atoms with Crippen LogP contribution >= 0.6 is 12.4 Å². The van der Waals surface area contributed by atoms with Gasteiger partial charge in [-0.15, -0.1) is 12.4 Å². The molecule has 0 aromatic heterocycles. The number of nitrogens with one attached hydrogen (secondary N) is 1. The number of carbonyl (C=O) groups excluding carboxylic acids is 1. The van der Waals surface area contributed by atoms with Gasteiger partial charge in [-0.1, -0.05) is 54.6 Å². The van der Waals surface area contributed by atoms with Crippen molar-refractivity contribution < 1.29 is 9.53 Å². The highest BCUT2D eigenvalue weighted by atomic mass is 35.5. The summed E-state index contributed by atoms with van der Waals surface area (Å²) in [6, 6.07) is 18.3. The van der Waals surface area contributed by atoms with E-state index in [1.165, 1.54) is 6.42 Å². The number of carbonyl (C=O) groups is 1. The van der Waals surface area contributed by atoms with Crippen LogP contribution in [0.15, 0.2) is 54.6 Å². The van der Waals surface area contributed by atoms with Gasteiger partial charge in [-0.05, 0) is 47.8 Å². The van der Waals surface area contributed by atoms with Crippen molar-refractivity contribution in [1.29, 1.82) is 0 Å². The molecule has 0 spiro atoms. The van der Waals surface area contributed by atoms with Gasteiger partial charge in [0.25, 0.3) is 0 Å². The Morgan fingerprint density at radius 3 is 2.36 bits per heavy atom. The van der Waals surface area contributed by atoms with Crippen LogP contribution in [0, 0.1) is 17.8 Å². The molecule has 150 valence electrons. The monoisotopic (exact) mass is 400 g/mol. The van der Waals surface area contributed by atoms with Crippen LogP contribution in [0.4, 0.5) is 0 Å². The standard InChI is InChI=1S/C23H28N2O2.ClH/c24-22-18-11-10-17(12-18)21(22)23(26)25-13-19-8-4-5-9-20(19)15-27-14-16-6-2-1-3-7-16;/h1-9,17-18,21-22H,10-15,24H2,(H,25,26);1H. The van der Waals surface area contributed by atoms with Gasteiger partial charge in [0.1, 0.15) is 0 Å². The predicted octanol–water partition coefficient (Wildman–Crippen LogP) is 3.81. The fourth-order valence-electron chi connectivity index (χ4n) is 4.75. The number of amides is 1. The maximum atomic E-state index is 12.7. The van der Waals surface area contributed by atoms with Gasteiger partial charge in [-0.3, -0.25) is 4.79 Å². The Morgan fingerprint density at radius 1 is 0.964 bits per heavy atom. The van der Waals surface area contributed by atoms with E-state index in [-0.39, 0.29) is 30.3 Å². The predicted molar refractivity (Wildman–Crippen MR) is 113 cm³/mol. The van der Waals surface area contributed by atoms with E-state index >= 15 is 0 Å². The molecule has 3 N–H and O–H groups in total. The quantitative estimate of drug-likeness (QED) is 0.742. The molecule has 2 saturated carbocycles. The van der Waals surface area contributed by atoms with Gasteiger partial charge in [0.15, 0.2) is 0 Å². The largest absolute Gasteiger partial charge is 0.372 e. The van der Waals surface area contributed by atoms with Gasteiger partial charge in [0.05, 0.1) is 19.1 Å². The van der Waals surface area contributed by atoms with Crippen molar-refractivity contribution >= 4 is 18.3 Å². The van der Waals surface area contributed by atoms with Crippen molar-refractivity contribution in [2.45, 2.75) is 45.1 Å². The van der Waals surface area contributed by atoms with Crippen LogP contribution in [-0.2, 0) is 29.3 Å². The molecule has 2 aromatic rings. The first-order valence-corrected chi connectivity index (χ1v) is 9.94. The average molecular weight is 401 g/mol. The molecule has 2 aromatic carbocycles. The Bertz CT molecular complexity index is 781. The second-order valence-corrected chi connectivity index (χ2v) is 7.90. The highest BCUT2D eigenvalue weighted by Gasteiger charge is 2.48. The van der Waals surface area contributed by atoms with Crippen LogP contribution < -0.4 is 11.1 Å². The molecule has 0 saturated heterocycles. The Kier molecular flexibility index (Phi) is 7.11. The number of rotatable bonds is 7. The minimum Gasteiger partial charge on any atom is -0.372 e. The van der Waals surface area contributed by atoms with Gasteiger partial charge in [0, 0.05) is 12.6 Å². The van der Waals surface area contributed by atoms with E-state index in [2.05, 4.69) is 29.6 Å². The fraction of sp³-hybridized carbons (Fsp3) is 0.435. The number of fused-ring (bicyclic) bond motifs is 2. The van der Waals surface area contributed by atoms with E-state index in [0.29, 0.717) is 31.6 Å². The SMILES string of the molecule is Cl.NC1C2CCC(C2)C1C(=O)NCc1ccccc1COCc1ccccc1. The summed E-state index contributed by atoms with van der Waals surface area (Å²) in [5, 5.41) is 3.13. The zero-order chi connectivity index (χ0) is 18.6. The first-order chi connectivity index (χ1) is 13.2. The molecule has 2 bridgehead atoms. The number of hydrogen-bond donors (Lipinski definition) is 2. The number of nitrogens with two attached hydrogens (primary N) is 1. The molecule has 0 radical (unpaired) electrons. The topological polar surface area (TPSA) is 64.4 Å². The van der Waals surface area contributed by atoms with Crippen LogP contribution in [0.3, 0.4) is 0 Å². The van der Waals surface area contributed by atoms with Crippen LogP contribution in [-0.4, -0.2) is 11.9 Å². The number of benzene rings is 2. The van der Waals surface area contributed by atoms with Crippen molar-refractivity contribution in [2.24, 2.45) is 23.5 Å². The maximum Gasteiger partial charge on any atom is 0.225 e. The van der Waals surface area contributed by atoms with Gasteiger partial charge in [0.2, 0.25) is 5.91 Å². The molecule has 28 heavy (non-hydrogen) atoms. The molecule has 2 aliphatic rings. The lowest BCUT2D eigenvalue weighted by Gasteiger charge is -2.27. The summed E-state index contributed by atoms with van der Waals surface area (Å²) < 4.78 is 5.88. The van der Waals surface area contributed by atoms with Crippen molar-refractivity contribution in [2.75, 3.05) is 0 Å². The van der Waals surface area contributed by atoms with Crippen LogP contribution in [0.5, 0.6) is 0 Å². The third kappa shape index (κ3) is 4.57. The average Bonchev–Trinajstić information content (AvgIpc) is 3.29. The van der Waals surface area contributed by atoms with E-state index in [1.807, 2.05) is 30.3 Å². The Balaban J connectivity index is 0.00000225. The molecule has 4 rings (SSSR count). The van der Waals surface area contributed by atoms with Crippen molar-refractivity contribution in [3.05, 3.63) is 71.3 Å². The Labute approximate surface area is 173 Å². The van der Waals surface area contributed by atoms with Crippen LogP contribution in [0.2, 0.25) is 0 Å². The summed E-state index contributed by atoms with van der Waals surface area (Å²) >= 11 is 0. The summed E-state index contributed by atoms with van der Waals surface area (Å²) in [6.45, 7) is 1.65. The van der Waals surface area contributed by atoms with Gasteiger partial charge in [-0.2, -0.15) is 0 Å². The van der Waals surface area contributed by atoms with Crippen molar-refractivity contribution in [3.63, 3.8) is 0 Å². The van der Waals surface area contributed by atoms with E-state index in [0.717, 1.165) is 29.5 Å². The second-order valence-electron chi connectivity index (χ2n) is 7.90. The third-order valence-electron chi connectivity index (χ3n) is 6.22. The minimum absolute atomic E-state index is 0. The molecule has 4 unspecified atom stereocenters. The molecule has 5 heteroatoms. The summed E-state index contributed by atoms with van der Waals surface area (Å²) in [7, 11) is 0. The summed E-state index contributed by atoms with van der Waals surface area (Å²) in [4.78, 5) is 12.7. The van der Waals surface area contributed by atoms with E-state index < -0.39 is 0 Å².